The topological polar surface area (TPSA) is 55.2 Å². The fraction of sp³-hybridized carbons (Fsp3) is 0.0769. The highest BCUT2D eigenvalue weighted by Gasteiger charge is 2.11. The lowest BCUT2D eigenvalue weighted by molar-refractivity contribution is -0.385. The molecule has 0 bridgehead atoms. The van der Waals surface area contributed by atoms with E-state index in [2.05, 4.69) is 5.32 Å². The largest absolute Gasteiger partial charge is 0.355 e. The van der Waals surface area contributed by atoms with E-state index in [0.717, 1.165) is 11.6 Å². The quantitative estimate of drug-likeness (QED) is 0.668. The maximum atomic E-state index is 13.3. The van der Waals surface area contributed by atoms with Crippen LogP contribution in [-0.4, -0.2) is 4.92 Å². The van der Waals surface area contributed by atoms with E-state index in [0.29, 0.717) is 16.4 Å². The summed E-state index contributed by atoms with van der Waals surface area (Å²) in [4.78, 5) is 10.0. The fourth-order valence-electron chi connectivity index (χ4n) is 1.65. The maximum Gasteiger partial charge on any atom is 0.274 e. The number of anilines is 2. The minimum Gasteiger partial charge on any atom is -0.355 e. The zero-order chi connectivity index (χ0) is 14.0. The summed E-state index contributed by atoms with van der Waals surface area (Å²) in [5, 5.41) is 14.2. The Hall–Kier alpha value is -2.14. The first-order valence-corrected chi connectivity index (χ1v) is 5.82. The van der Waals surface area contributed by atoms with Gasteiger partial charge < -0.3 is 5.32 Å². The summed E-state index contributed by atoms with van der Waals surface area (Å²) in [6.07, 6.45) is 0. The van der Waals surface area contributed by atoms with Crippen LogP contribution in [-0.2, 0) is 0 Å². The molecule has 19 heavy (non-hydrogen) atoms. The van der Waals surface area contributed by atoms with Gasteiger partial charge in [0.1, 0.15) is 5.82 Å². The molecule has 0 fully saturated rings. The number of benzene rings is 2. The third-order valence-corrected chi connectivity index (χ3v) is 3.05. The number of rotatable bonds is 3. The molecule has 0 aliphatic carbocycles. The Bertz CT molecular complexity index is 647. The highest BCUT2D eigenvalue weighted by Crippen LogP contribution is 2.28. The van der Waals surface area contributed by atoms with Crippen LogP contribution in [0.3, 0.4) is 0 Å². The molecule has 2 aromatic carbocycles. The van der Waals surface area contributed by atoms with Crippen molar-refractivity contribution in [3.63, 3.8) is 0 Å². The molecule has 4 nitrogen and oxygen atoms in total. The second kappa shape index (κ2) is 5.24. The third kappa shape index (κ3) is 3.00. The predicted octanol–water partition coefficient (Wildman–Crippen LogP) is 4.44. The number of nitrogens with zero attached hydrogens (tertiary/aromatic N) is 1. The normalized spacial score (nSPS) is 10.3. The van der Waals surface area contributed by atoms with Gasteiger partial charge in [-0.25, -0.2) is 4.39 Å². The van der Waals surface area contributed by atoms with Crippen molar-refractivity contribution in [2.24, 2.45) is 0 Å². The Labute approximate surface area is 114 Å². The van der Waals surface area contributed by atoms with Gasteiger partial charge in [0.05, 0.1) is 11.0 Å². The van der Waals surface area contributed by atoms with Crippen molar-refractivity contribution in [2.75, 3.05) is 5.32 Å². The summed E-state index contributed by atoms with van der Waals surface area (Å²) in [6.45, 7) is 1.80. The van der Waals surface area contributed by atoms with Crippen molar-refractivity contribution in [1.29, 1.82) is 0 Å². The molecule has 6 heteroatoms. The average Bonchev–Trinajstić information content (AvgIpc) is 2.34. The third-order valence-electron chi connectivity index (χ3n) is 2.64. The van der Waals surface area contributed by atoms with Crippen LogP contribution in [0.1, 0.15) is 5.56 Å². The van der Waals surface area contributed by atoms with Gasteiger partial charge in [-0.15, -0.1) is 0 Å². The summed E-state index contributed by atoms with van der Waals surface area (Å²) in [6, 6.07) is 8.56. The average molecular weight is 281 g/mol. The SMILES string of the molecule is Cc1c(Cl)cccc1Nc1cc(F)cc([N+](=O)[O-])c1. The van der Waals surface area contributed by atoms with Gasteiger partial charge >= 0.3 is 0 Å². The first-order valence-electron chi connectivity index (χ1n) is 5.44. The van der Waals surface area contributed by atoms with E-state index in [9.17, 15) is 14.5 Å². The summed E-state index contributed by atoms with van der Waals surface area (Å²) in [5.41, 5.74) is 1.46. The van der Waals surface area contributed by atoms with E-state index in [1.165, 1.54) is 12.1 Å². The second-order valence-corrected chi connectivity index (χ2v) is 4.40. The van der Waals surface area contributed by atoms with Crippen LogP contribution in [0.2, 0.25) is 5.02 Å². The molecule has 0 amide bonds. The lowest BCUT2D eigenvalue weighted by atomic mass is 10.2. The Kier molecular flexibility index (Phi) is 3.66. The number of hydrogen-bond acceptors (Lipinski definition) is 3. The zero-order valence-electron chi connectivity index (χ0n) is 9.98. The van der Waals surface area contributed by atoms with Gasteiger partial charge in [-0.1, -0.05) is 17.7 Å². The highest BCUT2D eigenvalue weighted by molar-refractivity contribution is 6.31. The van der Waals surface area contributed by atoms with Crippen LogP contribution in [0.15, 0.2) is 36.4 Å². The molecule has 0 aliphatic rings. The molecule has 0 heterocycles. The summed E-state index contributed by atoms with van der Waals surface area (Å²) < 4.78 is 13.3. The molecule has 0 saturated heterocycles. The molecular formula is C13H10ClFN2O2. The maximum absolute atomic E-state index is 13.3. The lowest BCUT2D eigenvalue weighted by Gasteiger charge is -2.10. The smallest absolute Gasteiger partial charge is 0.274 e. The molecule has 2 aromatic rings. The van der Waals surface area contributed by atoms with Crippen LogP contribution in [0.5, 0.6) is 0 Å². The first kappa shape index (κ1) is 13.3. The van der Waals surface area contributed by atoms with Gasteiger partial charge in [-0.3, -0.25) is 10.1 Å². The first-order chi connectivity index (χ1) is 8.97. The van der Waals surface area contributed by atoms with Crippen molar-refractivity contribution in [3.8, 4) is 0 Å². The molecule has 0 unspecified atom stereocenters. The molecule has 98 valence electrons. The Morgan fingerprint density at radius 2 is 2.05 bits per heavy atom. The number of non-ortho nitro benzene ring substituents is 1. The van der Waals surface area contributed by atoms with Crippen molar-refractivity contribution < 1.29 is 9.31 Å². The predicted molar refractivity (Wildman–Crippen MR) is 72.5 cm³/mol. The van der Waals surface area contributed by atoms with Crippen molar-refractivity contribution in [3.05, 3.63) is 62.9 Å². The monoisotopic (exact) mass is 280 g/mol. The lowest BCUT2D eigenvalue weighted by Crippen LogP contribution is -1.96. The molecule has 0 aliphatic heterocycles. The highest BCUT2D eigenvalue weighted by atomic mass is 35.5. The van der Waals surface area contributed by atoms with Crippen LogP contribution < -0.4 is 5.32 Å². The number of halogens is 2. The summed E-state index contributed by atoms with van der Waals surface area (Å²) in [7, 11) is 0. The van der Waals surface area contributed by atoms with Gasteiger partial charge in [-0.2, -0.15) is 0 Å². The summed E-state index contributed by atoms with van der Waals surface area (Å²) in [5.74, 6) is -0.670. The molecule has 0 spiro atoms. The van der Waals surface area contributed by atoms with E-state index in [1.54, 1.807) is 25.1 Å². The summed E-state index contributed by atoms with van der Waals surface area (Å²) >= 11 is 5.97. The molecule has 0 aromatic heterocycles. The van der Waals surface area contributed by atoms with Gasteiger partial charge in [0.2, 0.25) is 0 Å². The number of nitro groups is 1. The minimum absolute atomic E-state index is 0.303. The standard InChI is InChI=1S/C13H10ClFN2O2/c1-8-12(14)3-2-4-13(8)16-10-5-9(15)6-11(7-10)17(18)19/h2-7,16H,1H3. The molecule has 1 N–H and O–H groups in total. The number of hydrogen-bond donors (Lipinski definition) is 1. The van der Waals surface area contributed by atoms with E-state index < -0.39 is 10.7 Å². The Morgan fingerprint density at radius 1 is 1.32 bits per heavy atom. The van der Waals surface area contributed by atoms with E-state index in [4.69, 9.17) is 11.6 Å². The van der Waals surface area contributed by atoms with Crippen molar-refractivity contribution >= 4 is 28.7 Å². The van der Waals surface area contributed by atoms with Crippen molar-refractivity contribution in [1.82, 2.24) is 0 Å². The zero-order valence-corrected chi connectivity index (χ0v) is 10.7. The Balaban J connectivity index is 2.38. The van der Waals surface area contributed by atoms with E-state index in [1.807, 2.05) is 0 Å². The van der Waals surface area contributed by atoms with Gasteiger partial charge in [0.15, 0.2) is 0 Å². The van der Waals surface area contributed by atoms with Crippen LogP contribution >= 0.6 is 11.6 Å². The van der Waals surface area contributed by atoms with Gasteiger partial charge in [0, 0.05) is 22.5 Å². The van der Waals surface area contributed by atoms with Gasteiger partial charge in [-0.05, 0) is 30.7 Å². The molecule has 0 atom stereocenters. The number of nitrogens with one attached hydrogen (secondary N) is 1. The van der Waals surface area contributed by atoms with Crippen LogP contribution in [0, 0.1) is 22.9 Å². The van der Waals surface area contributed by atoms with E-state index in [-0.39, 0.29) is 5.69 Å². The van der Waals surface area contributed by atoms with Crippen LogP contribution in [0.4, 0.5) is 21.5 Å². The molecule has 0 saturated carbocycles. The van der Waals surface area contributed by atoms with Crippen LogP contribution in [0.25, 0.3) is 0 Å². The van der Waals surface area contributed by atoms with Crippen molar-refractivity contribution in [2.45, 2.75) is 6.92 Å². The molecule has 0 radical (unpaired) electrons. The molecular weight excluding hydrogens is 271 g/mol. The minimum atomic E-state index is -0.670. The molecule has 2 rings (SSSR count). The van der Waals surface area contributed by atoms with E-state index >= 15 is 0 Å². The Morgan fingerprint density at radius 3 is 2.74 bits per heavy atom. The van der Waals surface area contributed by atoms with Gasteiger partial charge in [0.25, 0.3) is 5.69 Å². The fourth-order valence-corrected chi connectivity index (χ4v) is 1.82. The number of nitro benzene ring substituents is 1. The second-order valence-electron chi connectivity index (χ2n) is 3.99.